The molecule has 0 fully saturated rings. The van der Waals surface area contributed by atoms with Crippen molar-refractivity contribution in [2.75, 3.05) is 9.80 Å². The van der Waals surface area contributed by atoms with Gasteiger partial charge in [0, 0.05) is 34.9 Å². The monoisotopic (exact) mass is 423 g/mol. The van der Waals surface area contributed by atoms with Crippen LogP contribution >= 0.6 is 11.6 Å². The molecule has 2 atom stereocenters. The Labute approximate surface area is 180 Å². The Morgan fingerprint density at radius 3 is 2.57 bits per heavy atom. The molecule has 2 aromatic carbocycles. The molecule has 0 aliphatic carbocycles. The number of rotatable bonds is 4. The Morgan fingerprint density at radius 2 is 1.90 bits per heavy atom. The Hall–Kier alpha value is -3.12. The molecule has 0 bridgehead atoms. The number of carbonyl (C=O) groups excluding carboxylic acids is 2. The van der Waals surface area contributed by atoms with Gasteiger partial charge in [-0.25, -0.2) is 0 Å². The van der Waals surface area contributed by atoms with Gasteiger partial charge in [0.1, 0.15) is 0 Å². The average molecular weight is 424 g/mol. The standard InChI is InChI=1S/C23H22ClN3O3/c1-3-22(28)27(17-10-8-16(24)9-11-17)20-14-15(2)26(19-7-5-4-6-18(19)20)23(29)21-12-13-25-30-21/h4-13,15,20H,3,14H2,1-2H3. The van der Waals surface area contributed by atoms with E-state index >= 15 is 0 Å². The van der Waals surface area contributed by atoms with Gasteiger partial charge < -0.3 is 14.3 Å². The average Bonchev–Trinajstić information content (AvgIpc) is 3.30. The number of hydrogen-bond acceptors (Lipinski definition) is 4. The van der Waals surface area contributed by atoms with Crippen molar-refractivity contribution < 1.29 is 14.1 Å². The van der Waals surface area contributed by atoms with E-state index in [1.54, 1.807) is 23.1 Å². The third-order valence-electron chi connectivity index (χ3n) is 5.42. The van der Waals surface area contributed by atoms with Gasteiger partial charge in [-0.2, -0.15) is 0 Å². The van der Waals surface area contributed by atoms with Crippen molar-refractivity contribution >= 4 is 34.8 Å². The zero-order chi connectivity index (χ0) is 21.3. The van der Waals surface area contributed by atoms with Gasteiger partial charge in [0.05, 0.1) is 12.2 Å². The van der Waals surface area contributed by atoms with Crippen molar-refractivity contribution in [3.63, 3.8) is 0 Å². The van der Waals surface area contributed by atoms with Crippen molar-refractivity contribution in [2.45, 2.75) is 38.8 Å². The molecule has 0 N–H and O–H groups in total. The van der Waals surface area contributed by atoms with Crippen LogP contribution in [0.2, 0.25) is 5.02 Å². The SMILES string of the molecule is CCC(=O)N(c1ccc(Cl)cc1)C1CC(C)N(C(=O)c2ccno2)c2ccccc21. The minimum Gasteiger partial charge on any atom is -0.351 e. The predicted molar refractivity (Wildman–Crippen MR) is 116 cm³/mol. The second kappa shape index (κ2) is 8.32. The molecule has 0 radical (unpaired) electrons. The first kappa shape index (κ1) is 20.2. The van der Waals surface area contributed by atoms with Crippen LogP contribution in [0.25, 0.3) is 0 Å². The molecule has 0 saturated heterocycles. The largest absolute Gasteiger partial charge is 0.351 e. The highest BCUT2D eigenvalue weighted by Gasteiger charge is 2.39. The Bertz CT molecular complexity index is 1050. The minimum absolute atomic E-state index is 0.0133. The molecule has 6 nitrogen and oxygen atoms in total. The van der Waals surface area contributed by atoms with Gasteiger partial charge in [0.15, 0.2) is 0 Å². The number of carbonyl (C=O) groups is 2. The van der Waals surface area contributed by atoms with Crippen LogP contribution in [0.4, 0.5) is 11.4 Å². The van der Waals surface area contributed by atoms with E-state index in [4.69, 9.17) is 16.1 Å². The van der Waals surface area contributed by atoms with Crippen LogP contribution in [-0.4, -0.2) is 23.0 Å². The normalized spacial score (nSPS) is 18.0. The smallest absolute Gasteiger partial charge is 0.297 e. The lowest BCUT2D eigenvalue weighted by atomic mass is 9.89. The van der Waals surface area contributed by atoms with Gasteiger partial charge in [0.25, 0.3) is 5.91 Å². The fourth-order valence-electron chi connectivity index (χ4n) is 4.05. The van der Waals surface area contributed by atoms with Gasteiger partial charge >= 0.3 is 0 Å². The zero-order valence-corrected chi connectivity index (χ0v) is 17.5. The first-order valence-corrected chi connectivity index (χ1v) is 10.3. The topological polar surface area (TPSA) is 66.7 Å². The molecule has 2 unspecified atom stereocenters. The second-order valence-electron chi connectivity index (χ2n) is 7.30. The number of fused-ring (bicyclic) bond motifs is 1. The highest BCUT2D eigenvalue weighted by Crippen LogP contribution is 2.43. The number of nitrogens with zero attached hydrogens (tertiary/aromatic N) is 3. The predicted octanol–water partition coefficient (Wildman–Crippen LogP) is 5.25. The fraction of sp³-hybridized carbons (Fsp3) is 0.261. The number of amides is 2. The first-order valence-electron chi connectivity index (χ1n) is 9.92. The van der Waals surface area contributed by atoms with E-state index < -0.39 is 0 Å². The molecule has 3 aromatic rings. The summed E-state index contributed by atoms with van der Waals surface area (Å²) < 4.78 is 5.10. The summed E-state index contributed by atoms with van der Waals surface area (Å²) in [5.74, 6) is -0.0422. The van der Waals surface area contributed by atoms with E-state index in [1.165, 1.54) is 6.20 Å². The van der Waals surface area contributed by atoms with Gasteiger partial charge in [0.2, 0.25) is 11.7 Å². The maximum atomic E-state index is 13.1. The molecule has 1 aliphatic heterocycles. The molecule has 1 aliphatic rings. The van der Waals surface area contributed by atoms with E-state index in [2.05, 4.69) is 5.16 Å². The van der Waals surface area contributed by atoms with E-state index in [0.717, 1.165) is 16.9 Å². The first-order chi connectivity index (χ1) is 14.5. The summed E-state index contributed by atoms with van der Waals surface area (Å²) in [6.07, 6.45) is 2.42. The highest BCUT2D eigenvalue weighted by atomic mass is 35.5. The van der Waals surface area contributed by atoms with E-state index in [9.17, 15) is 9.59 Å². The number of anilines is 2. The van der Waals surface area contributed by atoms with Crippen LogP contribution in [-0.2, 0) is 4.79 Å². The second-order valence-corrected chi connectivity index (χ2v) is 7.74. The molecule has 2 heterocycles. The molecular formula is C23H22ClN3O3. The van der Waals surface area contributed by atoms with E-state index in [-0.39, 0.29) is 29.7 Å². The maximum absolute atomic E-state index is 13.1. The third-order valence-corrected chi connectivity index (χ3v) is 5.67. The highest BCUT2D eigenvalue weighted by molar-refractivity contribution is 6.30. The Morgan fingerprint density at radius 1 is 1.17 bits per heavy atom. The lowest BCUT2D eigenvalue weighted by molar-refractivity contribution is -0.118. The molecule has 4 rings (SSSR count). The number of aromatic nitrogens is 1. The molecule has 0 spiro atoms. The van der Waals surface area contributed by atoms with E-state index in [0.29, 0.717) is 17.9 Å². The van der Waals surface area contributed by atoms with Gasteiger partial charge in [-0.05, 0) is 49.2 Å². The Kier molecular flexibility index (Phi) is 5.59. The van der Waals surface area contributed by atoms with Crippen LogP contribution < -0.4 is 9.80 Å². The molecule has 7 heteroatoms. The number of para-hydroxylation sites is 1. The summed E-state index contributed by atoms with van der Waals surface area (Å²) in [4.78, 5) is 29.7. The van der Waals surface area contributed by atoms with Crippen LogP contribution in [0.3, 0.4) is 0 Å². The van der Waals surface area contributed by atoms with Crippen molar-refractivity contribution in [1.29, 1.82) is 0 Å². The van der Waals surface area contributed by atoms with Gasteiger partial charge in [-0.3, -0.25) is 9.59 Å². The summed E-state index contributed by atoms with van der Waals surface area (Å²) in [7, 11) is 0. The van der Waals surface area contributed by atoms with Crippen molar-refractivity contribution in [1.82, 2.24) is 5.16 Å². The number of benzene rings is 2. The summed E-state index contributed by atoms with van der Waals surface area (Å²) in [5.41, 5.74) is 2.47. The molecule has 0 saturated carbocycles. The lowest BCUT2D eigenvalue weighted by Gasteiger charge is -2.43. The number of halogens is 1. The molecule has 2 amide bonds. The summed E-state index contributed by atoms with van der Waals surface area (Å²) in [6, 6.07) is 16.2. The molecule has 30 heavy (non-hydrogen) atoms. The van der Waals surface area contributed by atoms with Gasteiger partial charge in [-0.15, -0.1) is 0 Å². The summed E-state index contributed by atoms with van der Waals surface area (Å²) in [5, 5.41) is 4.27. The van der Waals surface area contributed by atoms with Crippen LogP contribution in [0.1, 0.15) is 48.8 Å². The quantitative estimate of drug-likeness (QED) is 0.574. The van der Waals surface area contributed by atoms with Crippen LogP contribution in [0, 0.1) is 0 Å². The summed E-state index contributed by atoms with van der Waals surface area (Å²) in [6.45, 7) is 3.83. The van der Waals surface area contributed by atoms with Crippen molar-refractivity contribution in [3.05, 3.63) is 77.1 Å². The maximum Gasteiger partial charge on any atom is 0.297 e. The third kappa shape index (κ3) is 3.59. The van der Waals surface area contributed by atoms with Crippen LogP contribution in [0.5, 0.6) is 0 Å². The number of hydrogen-bond donors (Lipinski definition) is 0. The summed E-state index contributed by atoms with van der Waals surface area (Å²) >= 11 is 6.06. The van der Waals surface area contributed by atoms with Crippen LogP contribution in [0.15, 0.2) is 65.3 Å². The van der Waals surface area contributed by atoms with Gasteiger partial charge in [-0.1, -0.05) is 41.9 Å². The molecule has 1 aromatic heterocycles. The molecule has 154 valence electrons. The van der Waals surface area contributed by atoms with Crippen molar-refractivity contribution in [2.24, 2.45) is 0 Å². The molecular weight excluding hydrogens is 402 g/mol. The minimum atomic E-state index is -0.245. The fourth-order valence-corrected chi connectivity index (χ4v) is 4.18. The van der Waals surface area contributed by atoms with E-state index in [1.807, 2.05) is 55.1 Å². The Balaban J connectivity index is 1.80. The zero-order valence-electron chi connectivity index (χ0n) is 16.8. The lowest BCUT2D eigenvalue weighted by Crippen LogP contribution is -2.47. The van der Waals surface area contributed by atoms with Crippen molar-refractivity contribution in [3.8, 4) is 0 Å².